The number of hydrogen-bond donors (Lipinski definition) is 0. The zero-order valence-electron chi connectivity index (χ0n) is 60.6. The van der Waals surface area contributed by atoms with Crippen LogP contribution in [0.3, 0.4) is 0 Å². The Morgan fingerprint density at radius 3 is 0.898 bits per heavy atom. The SMILES string of the molecule is CC(C)C1CC(C2CC(C(C)C)C3OC3(C(C)C)C2)CC2(C(C)C)OC12.CC(C)C1CC(C2CC3OC3C(C(C)C)C2)CC2OC21.CC(C)C1CC(C2CCC3OC3(C(C)C)C2)CC2OC21.CC1CC2OC2(C(C)C)CC1C1CC2(C(C)C)OC2CC1C. The fourth-order valence-corrected chi connectivity index (χ4v) is 23.7. The van der Waals surface area contributed by atoms with E-state index in [4.69, 9.17) is 37.9 Å². The van der Waals surface area contributed by atoms with E-state index in [1.807, 2.05) is 0 Å². The van der Waals surface area contributed by atoms with Gasteiger partial charge < -0.3 is 37.9 Å². The molecule has 0 aromatic carbocycles. The highest BCUT2D eigenvalue weighted by molar-refractivity contribution is 5.19. The molecule has 8 aliphatic heterocycles. The molecule has 8 saturated heterocycles. The predicted octanol–water partition coefficient (Wildman–Crippen LogP) is 18.5. The van der Waals surface area contributed by atoms with Crippen molar-refractivity contribution in [2.24, 2.45) is 148 Å². The molecule has 31 atom stereocenters. The average Bonchev–Trinajstić information content (AvgIpc) is 1.63. The first-order valence-corrected chi connectivity index (χ1v) is 38.8. The smallest absolute Gasteiger partial charge is 0.0976 e. The highest BCUT2D eigenvalue weighted by Gasteiger charge is 2.71. The second kappa shape index (κ2) is 24.0. The minimum Gasteiger partial charge on any atom is -0.369 e. The summed E-state index contributed by atoms with van der Waals surface area (Å²) in [4.78, 5) is 0. The number of epoxide rings is 8. The van der Waals surface area contributed by atoms with Crippen LogP contribution in [0.15, 0.2) is 0 Å². The molecule has 0 amide bonds. The molecular formula is C80H136O8. The fraction of sp³-hybridized carbons (Fsp3) is 1.00. The summed E-state index contributed by atoms with van der Waals surface area (Å²) in [5.74, 6) is 19.6. The molecule has 16 aliphatic rings. The summed E-state index contributed by atoms with van der Waals surface area (Å²) in [6, 6.07) is 0. The minimum atomic E-state index is 0.192. The third kappa shape index (κ3) is 12.0. The van der Waals surface area contributed by atoms with Crippen molar-refractivity contribution in [3.8, 4) is 0 Å². The number of hydrogen-bond acceptors (Lipinski definition) is 8. The molecular weight excluding hydrogens is 1090 g/mol. The molecule has 0 N–H and O–H groups in total. The maximum absolute atomic E-state index is 6.47. The van der Waals surface area contributed by atoms with Crippen molar-refractivity contribution in [1.82, 2.24) is 0 Å². The zero-order valence-corrected chi connectivity index (χ0v) is 60.6. The van der Waals surface area contributed by atoms with Crippen LogP contribution in [0.4, 0.5) is 0 Å². The first kappa shape index (κ1) is 66.3. The molecule has 0 aromatic rings. The van der Waals surface area contributed by atoms with Gasteiger partial charge in [-0.25, -0.2) is 0 Å². The van der Waals surface area contributed by atoms with Crippen molar-refractivity contribution in [3.63, 3.8) is 0 Å². The topological polar surface area (TPSA) is 100 Å². The fourth-order valence-electron chi connectivity index (χ4n) is 23.7. The summed E-state index contributed by atoms with van der Waals surface area (Å²) in [7, 11) is 0. The number of rotatable bonds is 14. The van der Waals surface area contributed by atoms with Gasteiger partial charge in [0, 0.05) is 0 Å². The van der Waals surface area contributed by atoms with Gasteiger partial charge in [-0.2, -0.15) is 0 Å². The summed E-state index contributed by atoms with van der Waals surface area (Å²) in [6.45, 7) is 52.5. The maximum atomic E-state index is 6.47. The van der Waals surface area contributed by atoms with Crippen LogP contribution in [-0.4, -0.2) is 95.1 Å². The van der Waals surface area contributed by atoms with Crippen molar-refractivity contribution in [2.45, 2.75) is 357 Å². The highest BCUT2D eigenvalue weighted by Crippen LogP contribution is 2.67. The number of ether oxygens (including phenoxy) is 8. The Balaban J connectivity index is 0.000000109. The van der Waals surface area contributed by atoms with E-state index in [1.165, 1.54) is 109 Å². The van der Waals surface area contributed by atoms with Gasteiger partial charge in [0.25, 0.3) is 0 Å². The van der Waals surface area contributed by atoms with Crippen molar-refractivity contribution in [1.29, 1.82) is 0 Å². The van der Waals surface area contributed by atoms with Crippen LogP contribution in [-0.2, 0) is 37.9 Å². The Hall–Kier alpha value is -0.320. The first-order valence-electron chi connectivity index (χ1n) is 38.8. The molecule has 16 rings (SSSR count). The van der Waals surface area contributed by atoms with E-state index in [0.717, 1.165) is 118 Å². The largest absolute Gasteiger partial charge is 0.369 e. The molecule has 88 heavy (non-hydrogen) atoms. The molecule has 8 nitrogen and oxygen atoms in total. The lowest BCUT2D eigenvalue weighted by molar-refractivity contribution is 0.0592. The van der Waals surface area contributed by atoms with Crippen LogP contribution in [0.25, 0.3) is 0 Å². The van der Waals surface area contributed by atoms with Gasteiger partial charge in [-0.1, -0.05) is 152 Å². The van der Waals surface area contributed by atoms with E-state index in [2.05, 4.69) is 152 Å². The molecule has 0 radical (unpaired) electrons. The third-order valence-corrected chi connectivity index (χ3v) is 30.5. The average molecular weight is 1230 g/mol. The molecule has 8 aliphatic carbocycles. The van der Waals surface area contributed by atoms with Gasteiger partial charge in [0.1, 0.15) is 0 Å². The Morgan fingerprint density at radius 2 is 0.568 bits per heavy atom. The van der Waals surface area contributed by atoms with Crippen molar-refractivity contribution < 1.29 is 37.9 Å². The predicted molar refractivity (Wildman–Crippen MR) is 355 cm³/mol. The molecule has 0 spiro atoms. The lowest BCUT2D eigenvalue weighted by Crippen LogP contribution is -2.44. The summed E-state index contributed by atoms with van der Waals surface area (Å²) in [6.07, 6.45) is 29.2. The summed E-state index contributed by atoms with van der Waals surface area (Å²) in [5, 5.41) is 0. The summed E-state index contributed by atoms with van der Waals surface area (Å²) < 4.78 is 49.4. The van der Waals surface area contributed by atoms with Crippen LogP contribution >= 0.6 is 0 Å². The van der Waals surface area contributed by atoms with Crippen LogP contribution in [0.2, 0.25) is 0 Å². The van der Waals surface area contributed by atoms with Crippen LogP contribution in [0.1, 0.15) is 261 Å². The Morgan fingerprint density at radius 1 is 0.273 bits per heavy atom. The first-order chi connectivity index (χ1) is 41.5. The monoisotopic (exact) mass is 1230 g/mol. The molecule has 0 bridgehead atoms. The highest BCUT2D eigenvalue weighted by atomic mass is 16.6. The lowest BCUT2D eigenvalue weighted by Gasteiger charge is -2.44. The van der Waals surface area contributed by atoms with Crippen molar-refractivity contribution in [2.75, 3.05) is 0 Å². The van der Waals surface area contributed by atoms with Gasteiger partial charge in [-0.05, 0) is 257 Å². The van der Waals surface area contributed by atoms with E-state index in [9.17, 15) is 0 Å². The maximum Gasteiger partial charge on any atom is 0.0976 e. The van der Waals surface area contributed by atoms with Gasteiger partial charge in [0.05, 0.1) is 95.1 Å². The van der Waals surface area contributed by atoms with E-state index < -0.39 is 0 Å². The van der Waals surface area contributed by atoms with E-state index in [-0.39, 0.29) is 28.0 Å². The van der Waals surface area contributed by atoms with Crippen molar-refractivity contribution in [3.05, 3.63) is 0 Å². The standard InChI is InChI=1S/C24H42O2.C20H34O2.2C18H30O2/c1-13(2)19-9-17(11-23(15(5)6)21(19)25-23)18-10-20(14(3)4)22-24(12-18,26-22)16(7)8;1-11(2)19-9-15(13(5)7-17(19)21-19)16-10-20(12(3)4)18(22-20)8-14(16)6;1-9(2)13-5-11(7-15-17(13)19-15)12-6-14(10(3)4)18-16(8-12)20-18;1-10(2)14-7-13(8-15-17(14)19-15)12-5-6-16-18(9-12,20-16)11(3)4/h13-22H,9-12H2,1-8H3;11-18H,7-10H2,1-6H3;9-18H,5-8H2,1-4H3;10-17H,5-9H2,1-4H3. The molecule has 0 aromatic heterocycles. The second-order valence-corrected chi connectivity index (χ2v) is 38.2. The van der Waals surface area contributed by atoms with Gasteiger partial charge in [-0.3, -0.25) is 0 Å². The lowest BCUT2D eigenvalue weighted by atomic mass is 9.59. The van der Waals surface area contributed by atoms with Crippen LogP contribution in [0, 0.1) is 148 Å². The normalized spacial score (nSPS) is 53.5. The van der Waals surface area contributed by atoms with Gasteiger partial charge in [-0.15, -0.1) is 0 Å². The summed E-state index contributed by atoms with van der Waals surface area (Å²) >= 11 is 0. The molecule has 8 heteroatoms. The Labute approximate surface area is 539 Å². The quantitative estimate of drug-likeness (QED) is 0.159. The van der Waals surface area contributed by atoms with Crippen LogP contribution < -0.4 is 0 Å². The van der Waals surface area contributed by atoms with Crippen molar-refractivity contribution >= 4 is 0 Å². The number of fused-ring (bicyclic) bond motifs is 8. The Kier molecular flexibility index (Phi) is 18.1. The van der Waals surface area contributed by atoms with Crippen LogP contribution in [0.5, 0.6) is 0 Å². The Bertz CT molecular complexity index is 2240. The molecule has 504 valence electrons. The third-order valence-electron chi connectivity index (χ3n) is 30.5. The van der Waals surface area contributed by atoms with E-state index in [1.54, 1.807) is 0 Å². The zero-order chi connectivity index (χ0) is 63.0. The van der Waals surface area contributed by atoms with E-state index in [0.29, 0.717) is 96.7 Å². The molecule has 8 saturated carbocycles. The van der Waals surface area contributed by atoms with Gasteiger partial charge >= 0.3 is 0 Å². The van der Waals surface area contributed by atoms with E-state index >= 15 is 0 Å². The van der Waals surface area contributed by atoms with Gasteiger partial charge in [0.2, 0.25) is 0 Å². The molecule has 8 heterocycles. The summed E-state index contributed by atoms with van der Waals surface area (Å²) in [5.41, 5.74) is 1.10. The van der Waals surface area contributed by atoms with Gasteiger partial charge in [0.15, 0.2) is 0 Å². The minimum absolute atomic E-state index is 0.192. The molecule has 31 unspecified atom stereocenters. The second-order valence-electron chi connectivity index (χ2n) is 38.2. The molecule has 16 fully saturated rings.